The largest absolute Gasteiger partial charge is 0.352 e. The Morgan fingerprint density at radius 1 is 1.33 bits per heavy atom. The highest BCUT2D eigenvalue weighted by atomic mass is 16.2. The van der Waals surface area contributed by atoms with Crippen LogP contribution in [0.25, 0.3) is 0 Å². The zero-order valence-corrected chi connectivity index (χ0v) is 13.6. The monoisotopic (exact) mass is 293 g/mol. The molecule has 3 fully saturated rings. The van der Waals surface area contributed by atoms with E-state index in [4.69, 9.17) is 0 Å². The van der Waals surface area contributed by atoms with Gasteiger partial charge in [-0.05, 0) is 70.4 Å². The Morgan fingerprint density at radius 3 is 2.81 bits per heavy atom. The Bertz CT molecular complexity index is 367. The van der Waals surface area contributed by atoms with Gasteiger partial charge in [-0.1, -0.05) is 6.42 Å². The molecule has 2 N–H and O–H groups in total. The maximum absolute atomic E-state index is 12.2. The number of nitrogens with zero attached hydrogens (tertiary/aromatic N) is 1. The van der Waals surface area contributed by atoms with Crippen molar-refractivity contribution >= 4 is 5.91 Å². The number of hydrogen-bond acceptors (Lipinski definition) is 3. The molecule has 4 heteroatoms. The van der Waals surface area contributed by atoms with Crippen molar-refractivity contribution in [3.63, 3.8) is 0 Å². The lowest BCUT2D eigenvalue weighted by atomic mass is 9.84. The van der Waals surface area contributed by atoms with Crippen molar-refractivity contribution in [1.29, 1.82) is 0 Å². The topological polar surface area (TPSA) is 44.4 Å². The predicted molar refractivity (Wildman–Crippen MR) is 85.1 cm³/mol. The third kappa shape index (κ3) is 3.78. The van der Waals surface area contributed by atoms with Crippen LogP contribution in [-0.4, -0.2) is 49.6 Å². The third-order valence-electron chi connectivity index (χ3n) is 5.93. The Labute approximate surface area is 129 Å². The van der Waals surface area contributed by atoms with E-state index in [0.717, 1.165) is 30.8 Å². The van der Waals surface area contributed by atoms with Crippen LogP contribution in [0.5, 0.6) is 0 Å². The maximum Gasteiger partial charge on any atom is 0.234 e. The summed E-state index contributed by atoms with van der Waals surface area (Å²) in [5.41, 5.74) is 0. The van der Waals surface area contributed by atoms with Crippen LogP contribution in [0.4, 0.5) is 0 Å². The number of amides is 1. The molecule has 120 valence electrons. The molecule has 3 rings (SSSR count). The SMILES string of the molecule is CC(NC(=O)CN(C)CC1CCCN1)C1CC2CCC1C2. The molecule has 1 amide bonds. The quantitative estimate of drug-likeness (QED) is 0.782. The molecule has 0 spiro atoms. The number of rotatable bonds is 6. The van der Waals surface area contributed by atoms with E-state index in [9.17, 15) is 4.79 Å². The van der Waals surface area contributed by atoms with Crippen molar-refractivity contribution in [1.82, 2.24) is 15.5 Å². The Kier molecular flexibility index (Phi) is 4.85. The molecule has 0 aromatic carbocycles. The van der Waals surface area contributed by atoms with Gasteiger partial charge in [0.05, 0.1) is 6.54 Å². The summed E-state index contributed by atoms with van der Waals surface area (Å²) in [6.07, 6.45) is 8.09. The van der Waals surface area contributed by atoms with Crippen molar-refractivity contribution in [3.8, 4) is 0 Å². The van der Waals surface area contributed by atoms with Gasteiger partial charge >= 0.3 is 0 Å². The van der Waals surface area contributed by atoms with E-state index in [1.807, 2.05) is 0 Å². The summed E-state index contributed by atoms with van der Waals surface area (Å²) in [4.78, 5) is 14.4. The molecule has 0 radical (unpaired) electrons. The highest BCUT2D eigenvalue weighted by molar-refractivity contribution is 5.78. The fourth-order valence-electron chi connectivity index (χ4n) is 4.91. The van der Waals surface area contributed by atoms with Gasteiger partial charge in [-0.3, -0.25) is 9.69 Å². The fraction of sp³-hybridized carbons (Fsp3) is 0.941. The molecule has 0 aromatic rings. The molecular weight excluding hydrogens is 262 g/mol. The summed E-state index contributed by atoms with van der Waals surface area (Å²) in [7, 11) is 2.06. The number of likely N-dealkylation sites (N-methyl/N-ethyl adjacent to an activating group) is 1. The lowest BCUT2D eigenvalue weighted by Crippen LogP contribution is -2.46. The molecule has 21 heavy (non-hydrogen) atoms. The van der Waals surface area contributed by atoms with Gasteiger partial charge in [-0.25, -0.2) is 0 Å². The molecule has 3 aliphatic rings. The Morgan fingerprint density at radius 2 is 2.19 bits per heavy atom. The van der Waals surface area contributed by atoms with E-state index in [-0.39, 0.29) is 5.91 Å². The van der Waals surface area contributed by atoms with E-state index in [1.54, 1.807) is 0 Å². The van der Waals surface area contributed by atoms with Gasteiger partial charge in [0, 0.05) is 18.6 Å². The van der Waals surface area contributed by atoms with Gasteiger partial charge in [0.25, 0.3) is 0 Å². The highest BCUT2D eigenvalue weighted by Gasteiger charge is 2.42. The van der Waals surface area contributed by atoms with Crippen LogP contribution in [0, 0.1) is 17.8 Å². The summed E-state index contributed by atoms with van der Waals surface area (Å²) >= 11 is 0. The zero-order valence-electron chi connectivity index (χ0n) is 13.6. The minimum absolute atomic E-state index is 0.200. The lowest BCUT2D eigenvalue weighted by molar-refractivity contribution is -0.123. The molecule has 2 bridgehead atoms. The Balaban J connectivity index is 1.39. The van der Waals surface area contributed by atoms with Gasteiger partial charge in [0.15, 0.2) is 0 Å². The van der Waals surface area contributed by atoms with Gasteiger partial charge in [-0.15, -0.1) is 0 Å². The van der Waals surface area contributed by atoms with E-state index < -0.39 is 0 Å². The van der Waals surface area contributed by atoms with Crippen molar-refractivity contribution in [2.45, 2.75) is 57.5 Å². The first-order valence-electron chi connectivity index (χ1n) is 8.83. The standard InChI is InChI=1S/C17H31N3O/c1-12(16-9-13-5-6-14(16)8-13)19-17(21)11-20(2)10-15-4-3-7-18-15/h12-16,18H,3-11H2,1-2H3,(H,19,21). The molecule has 2 aliphatic carbocycles. The van der Waals surface area contributed by atoms with Gasteiger partial charge in [0.2, 0.25) is 5.91 Å². The normalized spacial score (nSPS) is 36.3. The Hall–Kier alpha value is -0.610. The van der Waals surface area contributed by atoms with E-state index >= 15 is 0 Å². The summed E-state index contributed by atoms with van der Waals surface area (Å²) in [6.45, 7) is 4.85. The highest BCUT2D eigenvalue weighted by Crippen LogP contribution is 2.49. The molecule has 1 aliphatic heterocycles. The summed E-state index contributed by atoms with van der Waals surface area (Å²) < 4.78 is 0. The van der Waals surface area contributed by atoms with Crippen LogP contribution in [0.1, 0.15) is 45.4 Å². The van der Waals surface area contributed by atoms with Crippen molar-refractivity contribution in [2.24, 2.45) is 17.8 Å². The molecule has 0 aromatic heterocycles. The third-order valence-corrected chi connectivity index (χ3v) is 5.93. The van der Waals surface area contributed by atoms with Crippen LogP contribution in [0.3, 0.4) is 0 Å². The number of carbonyl (C=O) groups is 1. The van der Waals surface area contributed by atoms with Crippen LogP contribution in [0.2, 0.25) is 0 Å². The number of fused-ring (bicyclic) bond motifs is 2. The van der Waals surface area contributed by atoms with Gasteiger partial charge < -0.3 is 10.6 Å². The van der Waals surface area contributed by atoms with E-state index in [0.29, 0.717) is 18.6 Å². The van der Waals surface area contributed by atoms with Crippen LogP contribution < -0.4 is 10.6 Å². The molecular formula is C17H31N3O. The smallest absolute Gasteiger partial charge is 0.234 e. The van der Waals surface area contributed by atoms with Crippen molar-refractivity contribution in [3.05, 3.63) is 0 Å². The summed E-state index contributed by atoms with van der Waals surface area (Å²) in [6, 6.07) is 0.927. The number of hydrogen-bond donors (Lipinski definition) is 2. The number of carbonyl (C=O) groups excluding carboxylic acids is 1. The van der Waals surface area contributed by atoms with Crippen LogP contribution in [-0.2, 0) is 4.79 Å². The average Bonchev–Trinajstić information content (AvgIpc) is 3.14. The fourth-order valence-corrected chi connectivity index (χ4v) is 4.91. The van der Waals surface area contributed by atoms with Gasteiger partial charge in [0.1, 0.15) is 0 Å². The van der Waals surface area contributed by atoms with E-state index in [2.05, 4.69) is 29.5 Å². The molecule has 4 nitrogen and oxygen atoms in total. The molecule has 2 saturated carbocycles. The van der Waals surface area contributed by atoms with Crippen molar-refractivity contribution < 1.29 is 4.79 Å². The minimum atomic E-state index is 0.200. The first-order valence-corrected chi connectivity index (χ1v) is 8.83. The predicted octanol–water partition coefficient (Wildman–Crippen LogP) is 1.61. The lowest BCUT2D eigenvalue weighted by Gasteiger charge is -2.29. The maximum atomic E-state index is 12.2. The van der Waals surface area contributed by atoms with Crippen LogP contribution >= 0.6 is 0 Å². The number of nitrogens with one attached hydrogen (secondary N) is 2. The first-order chi connectivity index (χ1) is 10.1. The zero-order chi connectivity index (χ0) is 14.8. The minimum Gasteiger partial charge on any atom is -0.352 e. The molecule has 5 atom stereocenters. The molecule has 1 saturated heterocycles. The van der Waals surface area contributed by atoms with Crippen molar-refractivity contribution in [2.75, 3.05) is 26.7 Å². The second-order valence-electron chi connectivity index (χ2n) is 7.68. The second kappa shape index (κ2) is 6.66. The van der Waals surface area contributed by atoms with Gasteiger partial charge in [-0.2, -0.15) is 0 Å². The molecule has 5 unspecified atom stereocenters. The summed E-state index contributed by atoms with van der Waals surface area (Å²) in [5, 5.41) is 6.75. The average molecular weight is 293 g/mol. The van der Waals surface area contributed by atoms with Crippen LogP contribution in [0.15, 0.2) is 0 Å². The van der Waals surface area contributed by atoms with E-state index in [1.165, 1.54) is 38.5 Å². The summed E-state index contributed by atoms with van der Waals surface area (Å²) in [5.74, 6) is 2.77. The molecule has 1 heterocycles. The first kappa shape index (κ1) is 15.3. The second-order valence-corrected chi connectivity index (χ2v) is 7.68.